The monoisotopic (exact) mass is 425 g/mol. The van der Waals surface area contributed by atoms with Crippen LogP contribution in [0.2, 0.25) is 5.02 Å². The number of benzene rings is 2. The molecule has 0 spiro atoms. The number of imide groups is 1. The van der Waals surface area contributed by atoms with Gasteiger partial charge in [-0.05, 0) is 43.5 Å². The molecule has 1 aromatic heterocycles. The zero-order valence-electron chi connectivity index (χ0n) is 15.4. The molecule has 1 aliphatic carbocycles. The number of amides is 2. The molecule has 30 heavy (non-hydrogen) atoms. The number of hydrogen-bond acceptors (Lipinski definition) is 5. The molecule has 0 N–H and O–H groups in total. The van der Waals surface area contributed by atoms with E-state index in [1.807, 2.05) is 0 Å². The molecule has 150 valence electrons. The highest BCUT2D eigenvalue weighted by atomic mass is 35.5. The van der Waals surface area contributed by atoms with Crippen molar-refractivity contribution in [2.75, 3.05) is 0 Å². The smallest absolute Gasteiger partial charge is 0.322 e. The van der Waals surface area contributed by atoms with Gasteiger partial charge in [-0.3, -0.25) is 9.59 Å². The average Bonchev–Trinajstić information content (AvgIpc) is 3.41. The van der Waals surface area contributed by atoms with Gasteiger partial charge in [-0.1, -0.05) is 34.9 Å². The van der Waals surface area contributed by atoms with Crippen LogP contribution in [0.5, 0.6) is 0 Å². The number of aromatic nitrogens is 2. The second-order valence-electron chi connectivity index (χ2n) is 6.94. The van der Waals surface area contributed by atoms with Crippen LogP contribution in [0.25, 0.3) is 5.69 Å². The minimum Gasteiger partial charge on any atom is -0.322 e. The maximum absolute atomic E-state index is 14.5. The molecule has 2 heterocycles. The second-order valence-corrected chi connectivity index (χ2v) is 7.35. The van der Waals surface area contributed by atoms with Gasteiger partial charge in [-0.2, -0.15) is 5.10 Å². The van der Waals surface area contributed by atoms with Crippen molar-refractivity contribution < 1.29 is 23.6 Å². The van der Waals surface area contributed by atoms with Crippen molar-refractivity contribution in [3.63, 3.8) is 0 Å². The molecular formula is C21H13ClFN3O4. The minimum absolute atomic E-state index is 0.0570. The summed E-state index contributed by atoms with van der Waals surface area (Å²) in [6.45, 7) is 0. The summed E-state index contributed by atoms with van der Waals surface area (Å²) in [5.74, 6) is -3.05. The predicted molar refractivity (Wildman–Crippen MR) is 103 cm³/mol. The molecule has 0 atom stereocenters. The molecule has 2 aliphatic rings. The van der Waals surface area contributed by atoms with Gasteiger partial charge in [0.15, 0.2) is 11.5 Å². The quantitative estimate of drug-likeness (QED) is 0.600. The molecule has 3 aromatic rings. The van der Waals surface area contributed by atoms with Crippen LogP contribution in [0.15, 0.2) is 42.5 Å². The number of carbonyl (C=O) groups excluding carboxylic acids is 3. The summed E-state index contributed by atoms with van der Waals surface area (Å²) >= 11 is 5.88. The third-order valence-corrected chi connectivity index (χ3v) is 5.51. The Hall–Kier alpha value is -3.52. The van der Waals surface area contributed by atoms with E-state index in [9.17, 15) is 18.8 Å². The number of hydrogen-bond donors (Lipinski definition) is 0. The first-order valence-electron chi connectivity index (χ1n) is 9.22. The first-order chi connectivity index (χ1) is 14.5. The number of hydroxylamine groups is 2. The van der Waals surface area contributed by atoms with Gasteiger partial charge in [0.25, 0.3) is 11.8 Å². The Balaban J connectivity index is 1.50. The summed E-state index contributed by atoms with van der Waals surface area (Å²) in [5.41, 5.74) is 1.65. The van der Waals surface area contributed by atoms with Gasteiger partial charge in [-0.25, -0.2) is 13.9 Å². The molecule has 2 amide bonds. The predicted octanol–water partition coefficient (Wildman–Crippen LogP) is 3.52. The highest BCUT2D eigenvalue weighted by molar-refractivity contribution is 6.30. The summed E-state index contributed by atoms with van der Waals surface area (Å²) < 4.78 is 15.9. The van der Waals surface area contributed by atoms with Crippen molar-refractivity contribution >= 4 is 29.4 Å². The lowest BCUT2D eigenvalue weighted by Crippen LogP contribution is -2.33. The van der Waals surface area contributed by atoms with Crippen molar-refractivity contribution in [3.05, 3.63) is 81.4 Å². The normalized spacial score (nSPS) is 14.8. The molecule has 0 saturated carbocycles. The highest BCUT2D eigenvalue weighted by Gasteiger charge is 2.40. The van der Waals surface area contributed by atoms with E-state index in [4.69, 9.17) is 16.4 Å². The van der Waals surface area contributed by atoms with Crippen LogP contribution in [-0.4, -0.2) is 32.6 Å². The molecule has 0 radical (unpaired) electrons. The molecule has 5 rings (SSSR count). The zero-order chi connectivity index (χ0) is 21.0. The van der Waals surface area contributed by atoms with Crippen LogP contribution in [0.4, 0.5) is 4.39 Å². The number of fused-ring (bicyclic) bond motifs is 2. The van der Waals surface area contributed by atoms with Crippen LogP contribution < -0.4 is 0 Å². The SMILES string of the molecule is O=C(ON1C(=O)c2ccccc2C1=O)c1nn(-c2cccc(Cl)c2F)c2c1CCC2. The van der Waals surface area contributed by atoms with E-state index in [-0.39, 0.29) is 27.5 Å². The Kier molecular flexibility index (Phi) is 4.18. The molecular weight excluding hydrogens is 413 g/mol. The Morgan fingerprint density at radius 2 is 1.73 bits per heavy atom. The van der Waals surface area contributed by atoms with E-state index in [0.29, 0.717) is 29.2 Å². The average molecular weight is 426 g/mol. The summed E-state index contributed by atoms with van der Waals surface area (Å²) in [5, 5.41) is 4.61. The summed E-state index contributed by atoms with van der Waals surface area (Å²) in [4.78, 5) is 42.9. The minimum atomic E-state index is -0.955. The first kappa shape index (κ1) is 18.5. The van der Waals surface area contributed by atoms with Crippen LogP contribution in [-0.2, 0) is 17.7 Å². The molecule has 0 unspecified atom stereocenters. The van der Waals surface area contributed by atoms with E-state index >= 15 is 0 Å². The van der Waals surface area contributed by atoms with E-state index in [2.05, 4.69) is 5.10 Å². The number of rotatable bonds is 3. The van der Waals surface area contributed by atoms with Crippen LogP contribution in [0.1, 0.15) is 48.9 Å². The molecule has 0 fully saturated rings. The lowest BCUT2D eigenvalue weighted by molar-refractivity contribution is -0.0589. The summed E-state index contributed by atoms with van der Waals surface area (Å²) in [6.07, 6.45) is 1.89. The maximum atomic E-state index is 14.5. The van der Waals surface area contributed by atoms with Gasteiger partial charge in [0.1, 0.15) is 5.69 Å². The second kappa shape index (κ2) is 6.77. The van der Waals surface area contributed by atoms with Crippen molar-refractivity contribution in [2.24, 2.45) is 0 Å². The van der Waals surface area contributed by atoms with Gasteiger partial charge in [0, 0.05) is 11.3 Å². The fraction of sp³-hybridized carbons (Fsp3) is 0.143. The van der Waals surface area contributed by atoms with Gasteiger partial charge >= 0.3 is 5.97 Å². The lowest BCUT2D eigenvalue weighted by Gasteiger charge is -2.12. The van der Waals surface area contributed by atoms with Crippen molar-refractivity contribution in [1.82, 2.24) is 14.8 Å². The van der Waals surface area contributed by atoms with E-state index in [1.54, 1.807) is 18.2 Å². The Bertz CT molecular complexity index is 1220. The van der Waals surface area contributed by atoms with Crippen molar-refractivity contribution in [2.45, 2.75) is 19.3 Å². The number of halogens is 2. The number of carbonyl (C=O) groups is 3. The van der Waals surface area contributed by atoms with E-state index in [0.717, 1.165) is 6.42 Å². The van der Waals surface area contributed by atoms with Crippen molar-refractivity contribution in [3.8, 4) is 5.69 Å². The molecule has 0 saturated heterocycles. The topological polar surface area (TPSA) is 81.5 Å². The molecule has 1 aliphatic heterocycles. The zero-order valence-corrected chi connectivity index (χ0v) is 16.1. The van der Waals surface area contributed by atoms with Crippen molar-refractivity contribution in [1.29, 1.82) is 0 Å². The number of nitrogens with zero attached hydrogens (tertiary/aromatic N) is 3. The lowest BCUT2D eigenvalue weighted by atomic mass is 10.1. The standard InChI is InChI=1S/C21H13ClFN3O4/c22-14-8-4-10-16(17(14)23)25-15-9-3-7-13(15)18(24-25)21(29)30-26-19(27)11-5-1-2-6-12(11)20(26)28/h1-2,4-6,8,10H,3,7,9H2. The highest BCUT2D eigenvalue weighted by Crippen LogP contribution is 2.31. The Labute approximate surface area is 174 Å². The summed E-state index contributed by atoms with van der Waals surface area (Å²) in [7, 11) is 0. The molecule has 7 nitrogen and oxygen atoms in total. The molecule has 0 bridgehead atoms. The van der Waals surface area contributed by atoms with Crippen LogP contribution in [0.3, 0.4) is 0 Å². The van der Waals surface area contributed by atoms with Crippen LogP contribution in [0, 0.1) is 5.82 Å². The third-order valence-electron chi connectivity index (χ3n) is 5.21. The molecule has 2 aromatic carbocycles. The first-order valence-corrected chi connectivity index (χ1v) is 9.60. The van der Waals surface area contributed by atoms with Gasteiger partial charge in [0.05, 0.1) is 16.1 Å². The maximum Gasteiger partial charge on any atom is 0.384 e. The van der Waals surface area contributed by atoms with Crippen LogP contribution >= 0.6 is 11.6 Å². The fourth-order valence-corrected chi connectivity index (χ4v) is 4.00. The summed E-state index contributed by atoms with van der Waals surface area (Å²) in [6, 6.07) is 10.7. The van der Waals surface area contributed by atoms with E-state index in [1.165, 1.54) is 28.9 Å². The van der Waals surface area contributed by atoms with Gasteiger partial charge in [-0.15, -0.1) is 0 Å². The molecule has 9 heteroatoms. The third kappa shape index (κ3) is 2.64. The Morgan fingerprint density at radius 3 is 2.43 bits per heavy atom. The van der Waals surface area contributed by atoms with Gasteiger partial charge in [0.2, 0.25) is 0 Å². The Morgan fingerprint density at radius 1 is 1.03 bits per heavy atom. The fourth-order valence-electron chi connectivity index (χ4n) is 3.83. The van der Waals surface area contributed by atoms with Gasteiger partial charge < -0.3 is 4.84 Å². The largest absolute Gasteiger partial charge is 0.384 e. The van der Waals surface area contributed by atoms with E-state index < -0.39 is 23.6 Å².